The molecule has 0 atom stereocenters. The zero-order valence-corrected chi connectivity index (χ0v) is 16.9. The van der Waals surface area contributed by atoms with Crippen LogP contribution in [0.25, 0.3) is 0 Å². The van der Waals surface area contributed by atoms with E-state index >= 15 is 0 Å². The Bertz CT molecular complexity index is 882. The quantitative estimate of drug-likeness (QED) is 0.333. The van der Waals surface area contributed by atoms with Crippen LogP contribution in [0.5, 0.6) is 0 Å². The first-order chi connectivity index (χ1) is 14.1. The number of rotatable bonds is 10. The first-order valence-corrected chi connectivity index (χ1v) is 11.0. The fraction of sp³-hybridized carbons (Fsp3) is 0.174. The van der Waals surface area contributed by atoms with E-state index in [4.69, 9.17) is 13.8 Å². The fourth-order valence-corrected chi connectivity index (χ4v) is 3.92. The van der Waals surface area contributed by atoms with Gasteiger partial charge in [0.25, 0.3) is 0 Å². The predicted octanol–water partition coefficient (Wildman–Crippen LogP) is 5.36. The Balaban J connectivity index is 1.62. The van der Waals surface area contributed by atoms with Gasteiger partial charge in [0.1, 0.15) is 12.8 Å². The van der Waals surface area contributed by atoms with E-state index < -0.39 is 19.7 Å². The van der Waals surface area contributed by atoms with Crippen LogP contribution < -0.4 is 0 Å². The van der Waals surface area contributed by atoms with E-state index in [9.17, 15) is 9.36 Å². The molecule has 6 heteroatoms. The minimum Gasteiger partial charge on any atom is -0.460 e. The number of carbonyl (C=O) groups excluding carboxylic acids is 1. The lowest BCUT2D eigenvalue weighted by Gasteiger charge is -2.18. The van der Waals surface area contributed by atoms with Gasteiger partial charge in [0.05, 0.1) is 13.2 Å². The fourth-order valence-electron chi connectivity index (χ4n) is 2.56. The lowest BCUT2D eigenvalue weighted by atomic mass is 10.2. The second kappa shape index (κ2) is 10.7. The minimum absolute atomic E-state index is 0.0822. The van der Waals surface area contributed by atoms with Crippen LogP contribution in [-0.4, -0.2) is 12.1 Å². The normalized spacial score (nSPS) is 11.2. The van der Waals surface area contributed by atoms with Crippen LogP contribution in [0.2, 0.25) is 0 Å². The molecule has 0 amide bonds. The summed E-state index contributed by atoms with van der Waals surface area (Å²) in [5.74, 6) is -0.627. The molecule has 3 aromatic carbocycles. The molecule has 150 valence electrons. The second-order valence-electron chi connectivity index (χ2n) is 6.43. The molecule has 29 heavy (non-hydrogen) atoms. The topological polar surface area (TPSA) is 61.8 Å². The van der Waals surface area contributed by atoms with Crippen molar-refractivity contribution in [2.75, 3.05) is 6.16 Å². The van der Waals surface area contributed by atoms with Gasteiger partial charge in [-0.25, -0.2) is 0 Å². The highest BCUT2D eigenvalue weighted by Gasteiger charge is 2.30. The molecular weight excluding hydrogens is 387 g/mol. The monoisotopic (exact) mass is 410 g/mol. The van der Waals surface area contributed by atoms with E-state index in [2.05, 4.69) is 0 Å². The Morgan fingerprint density at radius 3 is 1.41 bits per heavy atom. The highest BCUT2D eigenvalue weighted by Crippen LogP contribution is 2.49. The van der Waals surface area contributed by atoms with Crippen molar-refractivity contribution in [2.24, 2.45) is 0 Å². The zero-order valence-electron chi connectivity index (χ0n) is 16.0. The molecule has 3 rings (SSSR count). The molecule has 0 aromatic heterocycles. The molecular formula is C23H23O5P. The van der Waals surface area contributed by atoms with Crippen LogP contribution in [0.3, 0.4) is 0 Å². The Labute approximate surface area is 170 Å². The molecule has 0 saturated heterocycles. The maximum absolute atomic E-state index is 13.2. The second-order valence-corrected chi connectivity index (χ2v) is 8.49. The summed E-state index contributed by atoms with van der Waals surface area (Å²) < 4.78 is 29.7. The average molecular weight is 410 g/mol. The van der Waals surface area contributed by atoms with E-state index in [-0.39, 0.29) is 19.8 Å². The number of ether oxygens (including phenoxy) is 1. The maximum atomic E-state index is 13.2. The first kappa shape index (κ1) is 21.0. The molecule has 0 aliphatic heterocycles. The summed E-state index contributed by atoms with van der Waals surface area (Å²) in [5, 5.41) is 0. The van der Waals surface area contributed by atoms with Crippen LogP contribution in [0.15, 0.2) is 91.0 Å². The van der Waals surface area contributed by atoms with Crippen molar-refractivity contribution >= 4 is 13.6 Å². The lowest BCUT2D eigenvalue weighted by molar-refractivity contribution is -0.142. The molecule has 0 bridgehead atoms. The predicted molar refractivity (Wildman–Crippen MR) is 111 cm³/mol. The Kier molecular flexibility index (Phi) is 7.77. The van der Waals surface area contributed by atoms with Crippen LogP contribution in [-0.2, 0) is 43.0 Å². The molecule has 0 spiro atoms. The van der Waals surface area contributed by atoms with Crippen molar-refractivity contribution in [2.45, 2.75) is 19.8 Å². The summed E-state index contributed by atoms with van der Waals surface area (Å²) in [6.07, 6.45) is -0.445. The Morgan fingerprint density at radius 1 is 0.621 bits per heavy atom. The molecule has 0 fully saturated rings. The van der Waals surface area contributed by atoms with Gasteiger partial charge in [-0.05, 0) is 16.7 Å². The highest BCUT2D eigenvalue weighted by atomic mass is 31.2. The standard InChI is InChI=1S/C23H23O5P/c24-23(26-16-20-10-4-1-5-11-20)19-29(25,27-17-21-12-6-2-7-13-21)28-18-22-14-8-3-9-15-22/h1-15H,16-19H2. The summed E-state index contributed by atoms with van der Waals surface area (Å²) >= 11 is 0. The van der Waals surface area contributed by atoms with Crippen LogP contribution >= 0.6 is 7.60 Å². The minimum atomic E-state index is -3.70. The van der Waals surface area contributed by atoms with Gasteiger partial charge in [-0.2, -0.15) is 0 Å². The van der Waals surface area contributed by atoms with Gasteiger partial charge in [0.2, 0.25) is 0 Å². The Hall–Kier alpha value is -2.72. The summed E-state index contributed by atoms with van der Waals surface area (Å²) in [4.78, 5) is 12.3. The van der Waals surface area contributed by atoms with Crippen molar-refractivity contribution < 1.29 is 23.1 Å². The molecule has 0 saturated carbocycles. The van der Waals surface area contributed by atoms with E-state index in [1.165, 1.54) is 0 Å². The first-order valence-electron chi connectivity index (χ1n) is 9.28. The summed E-state index contributed by atoms with van der Waals surface area (Å²) in [6.45, 7) is 0.273. The zero-order chi connectivity index (χ0) is 20.4. The van der Waals surface area contributed by atoms with E-state index in [0.29, 0.717) is 0 Å². The summed E-state index contributed by atoms with van der Waals surface area (Å²) in [7, 11) is -3.70. The third-order valence-electron chi connectivity index (χ3n) is 4.11. The molecule has 5 nitrogen and oxygen atoms in total. The van der Waals surface area contributed by atoms with Crippen molar-refractivity contribution in [3.63, 3.8) is 0 Å². The van der Waals surface area contributed by atoms with Crippen molar-refractivity contribution in [1.82, 2.24) is 0 Å². The molecule has 0 aliphatic rings. The third-order valence-corrected chi connectivity index (χ3v) is 5.80. The highest BCUT2D eigenvalue weighted by molar-refractivity contribution is 7.54. The van der Waals surface area contributed by atoms with Gasteiger partial charge in [-0.15, -0.1) is 0 Å². The summed E-state index contributed by atoms with van der Waals surface area (Å²) in [5.41, 5.74) is 2.54. The van der Waals surface area contributed by atoms with Crippen LogP contribution in [0.1, 0.15) is 16.7 Å². The SMILES string of the molecule is O=C(CP(=O)(OCc1ccccc1)OCc1ccccc1)OCc1ccccc1. The number of hydrogen-bond donors (Lipinski definition) is 0. The van der Waals surface area contributed by atoms with E-state index in [1.54, 1.807) is 0 Å². The van der Waals surface area contributed by atoms with Gasteiger partial charge in [0, 0.05) is 0 Å². The number of esters is 1. The van der Waals surface area contributed by atoms with E-state index in [1.807, 2.05) is 91.0 Å². The van der Waals surface area contributed by atoms with Gasteiger partial charge >= 0.3 is 13.6 Å². The molecule has 0 N–H and O–H groups in total. The molecule has 0 aliphatic carbocycles. The molecule has 0 heterocycles. The van der Waals surface area contributed by atoms with Crippen LogP contribution in [0.4, 0.5) is 0 Å². The molecule has 0 radical (unpaired) electrons. The largest absolute Gasteiger partial charge is 0.460 e. The summed E-state index contributed by atoms with van der Waals surface area (Å²) in [6, 6.07) is 28.0. The Morgan fingerprint density at radius 2 is 1.00 bits per heavy atom. The lowest BCUT2D eigenvalue weighted by Crippen LogP contribution is -2.13. The maximum Gasteiger partial charge on any atom is 0.342 e. The molecule has 0 unspecified atom stereocenters. The van der Waals surface area contributed by atoms with Crippen molar-refractivity contribution in [1.29, 1.82) is 0 Å². The van der Waals surface area contributed by atoms with Crippen molar-refractivity contribution in [3.05, 3.63) is 108 Å². The van der Waals surface area contributed by atoms with Crippen LogP contribution in [0, 0.1) is 0 Å². The average Bonchev–Trinajstić information content (AvgIpc) is 2.77. The number of carbonyl (C=O) groups is 1. The smallest absolute Gasteiger partial charge is 0.342 e. The third kappa shape index (κ3) is 7.31. The number of hydrogen-bond acceptors (Lipinski definition) is 5. The molecule has 3 aromatic rings. The van der Waals surface area contributed by atoms with Gasteiger partial charge in [-0.1, -0.05) is 91.0 Å². The van der Waals surface area contributed by atoms with Gasteiger partial charge in [0.15, 0.2) is 0 Å². The van der Waals surface area contributed by atoms with Gasteiger partial charge < -0.3 is 13.8 Å². The van der Waals surface area contributed by atoms with E-state index in [0.717, 1.165) is 16.7 Å². The van der Waals surface area contributed by atoms with Crippen molar-refractivity contribution in [3.8, 4) is 0 Å². The number of benzene rings is 3. The van der Waals surface area contributed by atoms with Gasteiger partial charge in [-0.3, -0.25) is 9.36 Å².